The summed E-state index contributed by atoms with van der Waals surface area (Å²) in [5, 5.41) is 9.60. The molecular weight excluding hydrogens is 192 g/mol. The van der Waals surface area contributed by atoms with Gasteiger partial charge in [0.2, 0.25) is 0 Å². The number of aromatic hydroxyl groups is 1. The lowest BCUT2D eigenvalue weighted by Crippen LogP contribution is -2.06. The van der Waals surface area contributed by atoms with Crippen molar-refractivity contribution in [3.8, 4) is 11.5 Å². The molecule has 0 aromatic heterocycles. The van der Waals surface area contributed by atoms with Crippen LogP contribution in [0.1, 0.15) is 37.6 Å². The predicted molar refractivity (Wildman–Crippen MR) is 58.5 cm³/mol. The lowest BCUT2D eigenvalue weighted by molar-refractivity contribution is 0.0985. The van der Waals surface area contributed by atoms with E-state index in [0.29, 0.717) is 17.7 Å². The highest BCUT2D eigenvalue weighted by Gasteiger charge is 2.10. The molecule has 82 valence electrons. The van der Waals surface area contributed by atoms with Gasteiger partial charge in [-0.1, -0.05) is 6.92 Å². The Morgan fingerprint density at radius 1 is 1.47 bits per heavy atom. The molecule has 0 aliphatic heterocycles. The van der Waals surface area contributed by atoms with Crippen LogP contribution in [-0.2, 0) is 0 Å². The molecule has 1 aromatic rings. The Labute approximate surface area is 89.7 Å². The second-order valence-electron chi connectivity index (χ2n) is 3.62. The summed E-state index contributed by atoms with van der Waals surface area (Å²) in [6.45, 7) is 5.57. The van der Waals surface area contributed by atoms with Crippen LogP contribution in [0.15, 0.2) is 18.2 Å². The molecule has 0 amide bonds. The second kappa shape index (κ2) is 4.82. The predicted octanol–water partition coefficient (Wildman–Crippen LogP) is 2.77. The second-order valence-corrected chi connectivity index (χ2v) is 3.62. The Bertz CT molecular complexity index is 356. The van der Waals surface area contributed by atoms with Crippen LogP contribution < -0.4 is 4.74 Å². The minimum absolute atomic E-state index is 0.0139. The zero-order valence-corrected chi connectivity index (χ0v) is 9.28. The molecule has 3 heteroatoms. The van der Waals surface area contributed by atoms with Crippen LogP contribution in [0.2, 0.25) is 0 Å². The van der Waals surface area contributed by atoms with E-state index in [9.17, 15) is 9.90 Å². The third-order valence-corrected chi connectivity index (χ3v) is 1.96. The fraction of sp³-hybridized carbons (Fsp3) is 0.417. The Morgan fingerprint density at radius 2 is 2.13 bits per heavy atom. The summed E-state index contributed by atoms with van der Waals surface area (Å²) in [5.74, 6) is 0.499. The van der Waals surface area contributed by atoms with Gasteiger partial charge in [0, 0.05) is 12.5 Å². The number of ether oxygens (including phenoxy) is 1. The number of benzene rings is 1. The maximum Gasteiger partial charge on any atom is 0.166 e. The summed E-state index contributed by atoms with van der Waals surface area (Å²) in [5.41, 5.74) is 0.355. The largest absolute Gasteiger partial charge is 0.507 e. The number of carbonyl (C=O) groups is 1. The summed E-state index contributed by atoms with van der Waals surface area (Å²) < 4.78 is 5.39. The molecule has 0 saturated heterocycles. The molecule has 1 rings (SSSR count). The van der Waals surface area contributed by atoms with Gasteiger partial charge in [-0.25, -0.2) is 0 Å². The molecule has 0 aliphatic carbocycles. The minimum Gasteiger partial charge on any atom is -0.507 e. The van der Waals surface area contributed by atoms with Crippen LogP contribution in [0.5, 0.6) is 11.5 Å². The smallest absolute Gasteiger partial charge is 0.166 e. The van der Waals surface area contributed by atoms with Gasteiger partial charge in [-0.3, -0.25) is 4.79 Å². The zero-order chi connectivity index (χ0) is 11.4. The average molecular weight is 208 g/mol. The van der Waals surface area contributed by atoms with Gasteiger partial charge in [0.1, 0.15) is 11.5 Å². The van der Waals surface area contributed by atoms with Gasteiger partial charge in [-0.15, -0.1) is 0 Å². The maximum atomic E-state index is 11.4. The number of Topliss-reactive ketones (excluding diaryl/α,β-unsaturated/α-hetero) is 1. The van der Waals surface area contributed by atoms with E-state index in [1.807, 2.05) is 13.8 Å². The van der Waals surface area contributed by atoms with Crippen molar-refractivity contribution in [2.75, 3.05) is 0 Å². The van der Waals surface area contributed by atoms with E-state index in [1.165, 1.54) is 6.07 Å². The van der Waals surface area contributed by atoms with Crippen molar-refractivity contribution in [1.82, 2.24) is 0 Å². The van der Waals surface area contributed by atoms with Gasteiger partial charge in [-0.05, 0) is 26.0 Å². The quantitative estimate of drug-likeness (QED) is 0.774. The molecule has 0 unspecified atom stereocenters. The van der Waals surface area contributed by atoms with E-state index in [1.54, 1.807) is 19.1 Å². The lowest BCUT2D eigenvalue weighted by atomic mass is 10.1. The van der Waals surface area contributed by atoms with Crippen LogP contribution >= 0.6 is 0 Å². The van der Waals surface area contributed by atoms with E-state index < -0.39 is 0 Å². The molecule has 0 fully saturated rings. The van der Waals surface area contributed by atoms with Crippen molar-refractivity contribution in [3.63, 3.8) is 0 Å². The molecule has 0 saturated carbocycles. The number of phenolic OH excluding ortho intramolecular Hbond substituents is 1. The van der Waals surface area contributed by atoms with Gasteiger partial charge >= 0.3 is 0 Å². The lowest BCUT2D eigenvalue weighted by Gasteiger charge is -2.10. The summed E-state index contributed by atoms with van der Waals surface area (Å²) in [4.78, 5) is 11.4. The molecule has 3 nitrogen and oxygen atoms in total. The minimum atomic E-state index is -0.0661. The highest BCUT2D eigenvalue weighted by Crippen LogP contribution is 2.25. The van der Waals surface area contributed by atoms with Crippen molar-refractivity contribution in [2.45, 2.75) is 33.3 Å². The summed E-state index contributed by atoms with van der Waals surface area (Å²) >= 11 is 0. The number of phenols is 1. The van der Waals surface area contributed by atoms with E-state index >= 15 is 0 Å². The van der Waals surface area contributed by atoms with E-state index in [-0.39, 0.29) is 17.6 Å². The standard InChI is InChI=1S/C12H16O3/c1-4-11(13)10-6-5-9(7-12(10)14)15-8(2)3/h5-8,14H,4H2,1-3H3. The number of carbonyl (C=O) groups excluding carboxylic acids is 1. The molecule has 0 atom stereocenters. The molecule has 0 spiro atoms. The number of ketones is 1. The first-order valence-electron chi connectivity index (χ1n) is 5.07. The van der Waals surface area contributed by atoms with Gasteiger partial charge in [0.05, 0.1) is 11.7 Å². The van der Waals surface area contributed by atoms with Crippen molar-refractivity contribution in [1.29, 1.82) is 0 Å². The van der Waals surface area contributed by atoms with Crippen LogP contribution in [0.25, 0.3) is 0 Å². The van der Waals surface area contributed by atoms with Crippen molar-refractivity contribution < 1.29 is 14.6 Å². The number of hydrogen-bond acceptors (Lipinski definition) is 3. The van der Waals surface area contributed by atoms with E-state index in [4.69, 9.17) is 4.74 Å². The van der Waals surface area contributed by atoms with E-state index in [2.05, 4.69) is 0 Å². The first kappa shape index (κ1) is 11.6. The number of hydrogen-bond donors (Lipinski definition) is 1. The van der Waals surface area contributed by atoms with Gasteiger partial charge in [0.25, 0.3) is 0 Å². The maximum absolute atomic E-state index is 11.4. The molecule has 1 N–H and O–H groups in total. The number of rotatable bonds is 4. The normalized spacial score (nSPS) is 10.4. The molecule has 0 aliphatic rings. The highest BCUT2D eigenvalue weighted by molar-refractivity contribution is 5.98. The van der Waals surface area contributed by atoms with Crippen LogP contribution in [0, 0.1) is 0 Å². The molecule has 0 radical (unpaired) electrons. The van der Waals surface area contributed by atoms with Gasteiger partial charge in [-0.2, -0.15) is 0 Å². The summed E-state index contributed by atoms with van der Waals surface area (Å²) in [6, 6.07) is 4.77. The molecular formula is C12H16O3. The van der Waals surface area contributed by atoms with E-state index in [0.717, 1.165) is 0 Å². The van der Waals surface area contributed by atoms with Crippen LogP contribution in [-0.4, -0.2) is 17.0 Å². The van der Waals surface area contributed by atoms with Gasteiger partial charge in [0.15, 0.2) is 5.78 Å². The Kier molecular flexibility index (Phi) is 3.72. The fourth-order valence-electron chi connectivity index (χ4n) is 1.28. The van der Waals surface area contributed by atoms with Crippen LogP contribution in [0.3, 0.4) is 0 Å². The summed E-state index contributed by atoms with van der Waals surface area (Å²) in [7, 11) is 0. The Hall–Kier alpha value is -1.51. The molecule has 15 heavy (non-hydrogen) atoms. The van der Waals surface area contributed by atoms with Crippen molar-refractivity contribution in [3.05, 3.63) is 23.8 Å². The Balaban J connectivity index is 2.93. The molecule has 1 aromatic carbocycles. The van der Waals surface area contributed by atoms with Crippen molar-refractivity contribution >= 4 is 5.78 Å². The third-order valence-electron chi connectivity index (χ3n) is 1.96. The first-order valence-corrected chi connectivity index (χ1v) is 5.07. The molecule has 0 heterocycles. The van der Waals surface area contributed by atoms with Crippen molar-refractivity contribution in [2.24, 2.45) is 0 Å². The monoisotopic (exact) mass is 208 g/mol. The fourth-order valence-corrected chi connectivity index (χ4v) is 1.28. The zero-order valence-electron chi connectivity index (χ0n) is 9.28. The topological polar surface area (TPSA) is 46.5 Å². The highest BCUT2D eigenvalue weighted by atomic mass is 16.5. The SMILES string of the molecule is CCC(=O)c1ccc(OC(C)C)cc1O. The first-order chi connectivity index (χ1) is 7.04. The Morgan fingerprint density at radius 3 is 2.60 bits per heavy atom. The summed E-state index contributed by atoms with van der Waals surface area (Å²) in [6.07, 6.45) is 0.440. The average Bonchev–Trinajstić information content (AvgIpc) is 2.16. The van der Waals surface area contributed by atoms with Gasteiger partial charge < -0.3 is 9.84 Å². The van der Waals surface area contributed by atoms with Crippen LogP contribution in [0.4, 0.5) is 0 Å². The molecule has 0 bridgehead atoms. The third kappa shape index (κ3) is 2.98.